The second-order valence-electron chi connectivity index (χ2n) is 6.02. The van der Waals surface area contributed by atoms with Crippen LogP contribution in [0, 0.1) is 5.92 Å². The van der Waals surface area contributed by atoms with Crippen LogP contribution < -0.4 is 5.32 Å². The van der Waals surface area contributed by atoms with Crippen molar-refractivity contribution in [1.82, 2.24) is 20.4 Å². The van der Waals surface area contributed by atoms with Gasteiger partial charge in [0.2, 0.25) is 0 Å². The Morgan fingerprint density at radius 1 is 1.42 bits per heavy atom. The Bertz CT molecular complexity index is 690. The van der Waals surface area contributed by atoms with Crippen LogP contribution in [0.5, 0.6) is 0 Å². The monoisotopic (exact) mass is 348 g/mol. The molecule has 0 spiro atoms. The number of hydrogen-bond acceptors (Lipinski definition) is 5. The molecule has 3 rings (SSSR count). The molecular formula is C16H20N4O3S. The van der Waals surface area contributed by atoms with Gasteiger partial charge in [0, 0.05) is 29.6 Å². The highest BCUT2D eigenvalue weighted by Gasteiger charge is 2.22. The van der Waals surface area contributed by atoms with E-state index in [1.807, 2.05) is 16.8 Å². The number of H-pyrrole nitrogens is 1. The van der Waals surface area contributed by atoms with Gasteiger partial charge in [-0.25, -0.2) is 4.79 Å². The number of amides is 1. The predicted molar refractivity (Wildman–Crippen MR) is 90.2 cm³/mol. The Kier molecular flexibility index (Phi) is 5.27. The van der Waals surface area contributed by atoms with Crippen LogP contribution in [-0.4, -0.2) is 51.7 Å². The molecule has 0 atom stereocenters. The number of likely N-dealkylation sites (tertiary alicyclic amines) is 1. The van der Waals surface area contributed by atoms with Crippen molar-refractivity contribution in [3.63, 3.8) is 0 Å². The van der Waals surface area contributed by atoms with Gasteiger partial charge in [-0.05, 0) is 43.3 Å². The fourth-order valence-electron chi connectivity index (χ4n) is 2.94. The molecule has 1 fully saturated rings. The second kappa shape index (κ2) is 7.59. The Morgan fingerprint density at radius 3 is 2.88 bits per heavy atom. The number of carboxylic acid groups (broad SMARTS) is 1. The van der Waals surface area contributed by atoms with Crippen molar-refractivity contribution in [3.8, 4) is 0 Å². The molecule has 7 nitrogen and oxygen atoms in total. The zero-order valence-corrected chi connectivity index (χ0v) is 14.0. The first kappa shape index (κ1) is 16.7. The molecule has 8 heteroatoms. The molecule has 24 heavy (non-hydrogen) atoms. The van der Waals surface area contributed by atoms with Crippen molar-refractivity contribution < 1.29 is 14.7 Å². The van der Waals surface area contributed by atoms with E-state index in [0.29, 0.717) is 24.6 Å². The maximum atomic E-state index is 11.9. The Morgan fingerprint density at radius 2 is 2.21 bits per heavy atom. The van der Waals surface area contributed by atoms with Gasteiger partial charge in [-0.15, -0.1) is 0 Å². The molecule has 2 aromatic heterocycles. The first-order valence-electron chi connectivity index (χ1n) is 7.91. The standard InChI is InChI=1S/C16H20N4O3S/c21-15(12-3-6-24-10-12)17-7-11-1-4-20(5-2-11)9-13-8-18-19-14(13)16(22)23/h3,6,8,10-11H,1-2,4-5,7,9H2,(H,17,21)(H,18,19)(H,22,23). The van der Waals surface area contributed by atoms with Crippen molar-refractivity contribution in [2.75, 3.05) is 19.6 Å². The highest BCUT2D eigenvalue weighted by atomic mass is 32.1. The van der Waals surface area contributed by atoms with Crippen LogP contribution in [0.2, 0.25) is 0 Å². The number of piperidine rings is 1. The average molecular weight is 348 g/mol. The lowest BCUT2D eigenvalue weighted by Gasteiger charge is -2.31. The van der Waals surface area contributed by atoms with E-state index in [2.05, 4.69) is 20.4 Å². The normalized spacial score (nSPS) is 16.2. The van der Waals surface area contributed by atoms with Crippen molar-refractivity contribution in [2.24, 2.45) is 5.92 Å². The number of carboxylic acids is 1. The third-order valence-electron chi connectivity index (χ3n) is 4.37. The minimum atomic E-state index is -0.978. The lowest BCUT2D eigenvalue weighted by molar-refractivity contribution is 0.0687. The van der Waals surface area contributed by atoms with E-state index in [9.17, 15) is 9.59 Å². The summed E-state index contributed by atoms with van der Waals surface area (Å²) >= 11 is 1.52. The lowest BCUT2D eigenvalue weighted by Crippen LogP contribution is -2.38. The topological polar surface area (TPSA) is 98.3 Å². The Hall–Kier alpha value is -2.19. The number of aromatic amines is 1. The predicted octanol–water partition coefficient (Wildman–Crippen LogP) is 1.81. The van der Waals surface area contributed by atoms with Gasteiger partial charge >= 0.3 is 5.97 Å². The van der Waals surface area contributed by atoms with E-state index >= 15 is 0 Å². The summed E-state index contributed by atoms with van der Waals surface area (Å²) in [6.07, 6.45) is 3.56. The van der Waals surface area contributed by atoms with Gasteiger partial charge < -0.3 is 10.4 Å². The first-order chi connectivity index (χ1) is 11.6. The third kappa shape index (κ3) is 4.01. The number of nitrogens with one attached hydrogen (secondary N) is 2. The fourth-order valence-corrected chi connectivity index (χ4v) is 3.57. The maximum absolute atomic E-state index is 11.9. The van der Waals surface area contributed by atoms with E-state index in [1.165, 1.54) is 11.3 Å². The van der Waals surface area contributed by atoms with E-state index in [4.69, 9.17) is 5.11 Å². The molecule has 0 saturated carbocycles. The number of carbonyl (C=O) groups is 2. The maximum Gasteiger partial charge on any atom is 0.354 e. The van der Waals surface area contributed by atoms with Crippen molar-refractivity contribution in [2.45, 2.75) is 19.4 Å². The van der Waals surface area contributed by atoms with Crippen LogP contribution in [0.4, 0.5) is 0 Å². The number of aromatic carboxylic acids is 1. The molecule has 0 unspecified atom stereocenters. The number of aromatic nitrogens is 2. The summed E-state index contributed by atoms with van der Waals surface area (Å²) in [6.45, 7) is 3.06. The van der Waals surface area contributed by atoms with Gasteiger partial charge in [0.15, 0.2) is 0 Å². The van der Waals surface area contributed by atoms with Gasteiger partial charge in [0.05, 0.1) is 6.20 Å². The van der Waals surface area contributed by atoms with Gasteiger partial charge in [-0.2, -0.15) is 16.4 Å². The Balaban J connectivity index is 1.43. The minimum absolute atomic E-state index is 0.0109. The zero-order chi connectivity index (χ0) is 16.9. The zero-order valence-electron chi connectivity index (χ0n) is 13.2. The molecule has 128 valence electrons. The highest BCUT2D eigenvalue weighted by molar-refractivity contribution is 7.08. The quantitative estimate of drug-likeness (QED) is 0.739. The SMILES string of the molecule is O=C(NCC1CCN(Cc2cn[nH]c2C(=O)O)CC1)c1ccsc1. The largest absolute Gasteiger partial charge is 0.477 e. The average Bonchev–Trinajstić information content (AvgIpc) is 3.25. The second-order valence-corrected chi connectivity index (χ2v) is 6.80. The number of thiophene rings is 1. The van der Waals surface area contributed by atoms with Gasteiger partial charge in [-0.1, -0.05) is 0 Å². The Labute approximate surface area is 143 Å². The molecule has 0 aliphatic carbocycles. The molecule has 0 aromatic carbocycles. The number of hydrogen-bond donors (Lipinski definition) is 3. The van der Waals surface area contributed by atoms with E-state index in [-0.39, 0.29) is 11.6 Å². The lowest BCUT2D eigenvalue weighted by atomic mass is 9.96. The van der Waals surface area contributed by atoms with Crippen LogP contribution in [0.25, 0.3) is 0 Å². The molecule has 1 aliphatic rings. The molecule has 1 amide bonds. The molecule has 0 bridgehead atoms. The van der Waals surface area contributed by atoms with Crippen LogP contribution in [0.1, 0.15) is 39.3 Å². The number of rotatable bonds is 6. The first-order valence-corrected chi connectivity index (χ1v) is 8.86. The summed E-state index contributed by atoms with van der Waals surface area (Å²) in [4.78, 5) is 25.3. The summed E-state index contributed by atoms with van der Waals surface area (Å²) < 4.78 is 0. The van der Waals surface area contributed by atoms with Crippen LogP contribution in [-0.2, 0) is 6.54 Å². The van der Waals surface area contributed by atoms with Crippen molar-refractivity contribution >= 4 is 23.2 Å². The third-order valence-corrected chi connectivity index (χ3v) is 5.05. The van der Waals surface area contributed by atoms with Crippen LogP contribution in [0.15, 0.2) is 23.0 Å². The van der Waals surface area contributed by atoms with Gasteiger partial charge in [0.1, 0.15) is 5.69 Å². The summed E-state index contributed by atoms with van der Waals surface area (Å²) in [5, 5.41) is 22.2. The molecular weight excluding hydrogens is 328 g/mol. The summed E-state index contributed by atoms with van der Waals surface area (Å²) in [5.41, 5.74) is 1.60. The molecule has 0 radical (unpaired) electrons. The summed E-state index contributed by atoms with van der Waals surface area (Å²) in [6, 6.07) is 1.83. The molecule has 2 aromatic rings. The molecule has 1 saturated heterocycles. The van der Waals surface area contributed by atoms with Crippen molar-refractivity contribution in [1.29, 1.82) is 0 Å². The van der Waals surface area contributed by atoms with Crippen LogP contribution in [0.3, 0.4) is 0 Å². The van der Waals surface area contributed by atoms with E-state index in [0.717, 1.165) is 31.5 Å². The summed E-state index contributed by atoms with van der Waals surface area (Å²) in [5.74, 6) is -0.524. The molecule has 1 aliphatic heterocycles. The fraction of sp³-hybridized carbons (Fsp3) is 0.438. The highest BCUT2D eigenvalue weighted by Crippen LogP contribution is 2.19. The molecule has 3 heterocycles. The van der Waals surface area contributed by atoms with Gasteiger partial charge in [-0.3, -0.25) is 14.8 Å². The minimum Gasteiger partial charge on any atom is -0.477 e. The number of nitrogens with zero attached hydrogens (tertiary/aromatic N) is 2. The summed E-state index contributed by atoms with van der Waals surface area (Å²) in [7, 11) is 0. The molecule has 3 N–H and O–H groups in total. The smallest absolute Gasteiger partial charge is 0.354 e. The van der Waals surface area contributed by atoms with Gasteiger partial charge in [0.25, 0.3) is 5.91 Å². The van der Waals surface area contributed by atoms with Crippen molar-refractivity contribution in [3.05, 3.63) is 39.8 Å². The number of carbonyl (C=O) groups excluding carboxylic acids is 1. The van der Waals surface area contributed by atoms with E-state index in [1.54, 1.807) is 6.20 Å². The van der Waals surface area contributed by atoms with Crippen LogP contribution >= 0.6 is 11.3 Å². The van der Waals surface area contributed by atoms with E-state index < -0.39 is 5.97 Å².